The molecule has 6 aliphatic rings. The lowest BCUT2D eigenvalue weighted by Gasteiger charge is -2.37. The van der Waals surface area contributed by atoms with E-state index in [0.29, 0.717) is 77.3 Å². The summed E-state index contributed by atoms with van der Waals surface area (Å²) in [6.07, 6.45) is 43.6. The molecule has 21 heteroatoms. The van der Waals surface area contributed by atoms with Crippen LogP contribution in [0.25, 0.3) is 10.9 Å². The molecule has 6 aromatic rings. The largest absolute Gasteiger partial charge is 0.494 e. The topological polar surface area (TPSA) is 232 Å². The van der Waals surface area contributed by atoms with Gasteiger partial charge in [0.15, 0.2) is 55.0 Å². The molecule has 1 aromatic heterocycles. The smallest absolute Gasteiger partial charge is 0.159 e. The number of morpholine rings is 1. The van der Waals surface area contributed by atoms with Crippen LogP contribution in [-0.4, -0.2) is 146 Å². The summed E-state index contributed by atoms with van der Waals surface area (Å²) < 4.78 is 140. The van der Waals surface area contributed by atoms with Crippen LogP contribution in [0.1, 0.15) is 354 Å². The number of aryl methyl sites for hydroxylation is 5. The average molecular weight is 1950 g/mol. The van der Waals surface area contributed by atoms with Crippen molar-refractivity contribution in [2.24, 2.45) is 59.2 Å². The number of anilines is 1. The van der Waals surface area contributed by atoms with Crippen LogP contribution in [0.3, 0.4) is 0 Å². The molecule has 134 heavy (non-hydrogen) atoms. The van der Waals surface area contributed by atoms with Crippen molar-refractivity contribution in [1.29, 1.82) is 0 Å². The van der Waals surface area contributed by atoms with E-state index in [0.717, 1.165) is 214 Å². The number of sulfone groups is 5. The third kappa shape index (κ3) is 39.8. The van der Waals surface area contributed by atoms with Crippen molar-refractivity contribution in [3.63, 3.8) is 0 Å². The van der Waals surface area contributed by atoms with Crippen LogP contribution in [0.5, 0.6) is 11.5 Å². The van der Waals surface area contributed by atoms with E-state index in [9.17, 15) is 46.9 Å². The van der Waals surface area contributed by atoms with Crippen molar-refractivity contribution < 1.29 is 61.1 Å². The van der Waals surface area contributed by atoms with Crippen molar-refractivity contribution in [3.05, 3.63) is 167 Å². The van der Waals surface area contributed by atoms with Gasteiger partial charge in [0.25, 0.3) is 0 Å². The number of benzene rings is 5. The molecule has 5 aromatic carbocycles. The molecule has 1 saturated heterocycles. The Morgan fingerprint density at radius 3 is 1.06 bits per heavy atom. The molecule has 0 N–H and O–H groups in total. The highest BCUT2D eigenvalue weighted by Gasteiger charge is 2.35. The van der Waals surface area contributed by atoms with Gasteiger partial charge in [-0.3, -0.25) is 9.78 Å². The van der Waals surface area contributed by atoms with Gasteiger partial charge < -0.3 is 19.1 Å². The second-order valence-electron chi connectivity index (χ2n) is 41.8. The molecule has 0 bridgehead atoms. The van der Waals surface area contributed by atoms with Gasteiger partial charge in [-0.05, 0) is 371 Å². The molecule has 6 fully saturated rings. The number of hydrogen-bond acceptors (Lipinski definition) is 16. The number of ketones is 1. The van der Waals surface area contributed by atoms with E-state index in [4.69, 9.17) is 14.2 Å². The van der Waals surface area contributed by atoms with Crippen LogP contribution >= 0.6 is 0 Å². The first-order valence-corrected chi connectivity index (χ1v) is 61.5. The quantitative estimate of drug-likeness (QED) is 0.0324. The van der Waals surface area contributed by atoms with Crippen molar-refractivity contribution in [1.82, 2.24) is 4.98 Å². The molecule has 12 rings (SSSR count). The Labute approximate surface area is 815 Å². The third-order valence-electron chi connectivity index (χ3n) is 31.1. The van der Waals surface area contributed by atoms with E-state index in [1.807, 2.05) is 107 Å². The SMILES string of the molecule is CCC(C)S(=O)(=O)CC1CCC(CCc2ccc(C(C)=O)cc2)CC1.CCC(C)S(=O)(=O)CC1CCC(CCc2ccc(N3CC(C)OC(C)C3)cc2)CC1.CCC(C)S(=O)(=O)CC1CCC(CCc2ccc3ncccc3c2)CC1.CCCOc1ccc(CCCC2CCC(CS(=O)(=O)C(C)CC)CC2)cc1.CCOc1cccc(CCCC2CCC(CS(=O)(=O)C(C)CC)CC2)c1. The third-order valence-corrected chi connectivity index (χ3v) is 43.6. The number of pyridine rings is 1. The Hall–Kier alpha value is -5.71. The molecule has 0 spiro atoms. The zero-order chi connectivity index (χ0) is 97.4. The minimum Gasteiger partial charge on any atom is -0.494 e. The number of rotatable bonds is 44. The Balaban J connectivity index is 0.000000206. The van der Waals surface area contributed by atoms with E-state index in [1.165, 1.54) is 129 Å². The number of ether oxygens (including phenoxy) is 3. The van der Waals surface area contributed by atoms with Crippen LogP contribution in [0.4, 0.5) is 5.69 Å². The van der Waals surface area contributed by atoms with E-state index in [1.54, 1.807) is 6.92 Å². The molecule has 5 aliphatic carbocycles. The zero-order valence-corrected chi connectivity index (χ0v) is 89.5. The second kappa shape index (κ2) is 57.9. The number of nitrogens with zero attached hydrogens (tertiary/aromatic N) is 2. The summed E-state index contributed by atoms with van der Waals surface area (Å²) in [5, 5.41) is 0.249. The Bertz CT molecular complexity index is 4920. The van der Waals surface area contributed by atoms with Crippen molar-refractivity contribution >= 4 is 71.6 Å². The minimum absolute atomic E-state index is 0.109. The molecule has 2 heterocycles. The first-order valence-electron chi connectivity index (χ1n) is 52.9. The van der Waals surface area contributed by atoms with Gasteiger partial charge in [-0.1, -0.05) is 191 Å². The summed E-state index contributed by atoms with van der Waals surface area (Å²) in [7, 11) is -14.5. The molecular formula is C113H178N2O14S5. The number of carbonyl (C=O) groups excluding carboxylic acids is 1. The summed E-state index contributed by atoms with van der Waals surface area (Å²) in [5.41, 5.74) is 9.93. The number of hydrogen-bond donors (Lipinski definition) is 0. The Morgan fingerprint density at radius 1 is 0.366 bits per heavy atom. The van der Waals surface area contributed by atoms with Gasteiger partial charge in [0.1, 0.15) is 11.5 Å². The van der Waals surface area contributed by atoms with Crippen molar-refractivity contribution in [3.8, 4) is 11.5 Å². The molecule has 0 amide bonds. The van der Waals surface area contributed by atoms with Crippen LogP contribution in [0.15, 0.2) is 134 Å². The highest BCUT2D eigenvalue weighted by Crippen LogP contribution is 2.40. The van der Waals surface area contributed by atoms with Gasteiger partial charge in [-0.25, -0.2) is 42.1 Å². The number of Topliss-reactive ketones (excluding diaryl/α,β-unsaturated/α-hetero) is 1. The van der Waals surface area contributed by atoms with Gasteiger partial charge >= 0.3 is 0 Å². The lowest BCUT2D eigenvalue weighted by molar-refractivity contribution is -0.00522. The molecule has 5 saturated carbocycles. The number of carbonyl (C=O) groups is 1. The molecule has 7 unspecified atom stereocenters. The predicted octanol–water partition coefficient (Wildman–Crippen LogP) is 26.5. The van der Waals surface area contributed by atoms with Crippen LogP contribution < -0.4 is 14.4 Å². The molecule has 0 radical (unpaired) electrons. The van der Waals surface area contributed by atoms with Crippen LogP contribution in [0.2, 0.25) is 0 Å². The molecule has 754 valence electrons. The fourth-order valence-corrected chi connectivity index (χ4v) is 30.0. The van der Waals surface area contributed by atoms with Crippen molar-refractivity contribution in [2.45, 2.75) is 386 Å². The summed E-state index contributed by atoms with van der Waals surface area (Å²) in [5.74, 6) is 9.61. The normalized spacial score (nSPS) is 23.7. The summed E-state index contributed by atoms with van der Waals surface area (Å²) in [6.45, 7) is 32.4. The number of aromatic nitrogens is 1. The highest BCUT2D eigenvalue weighted by atomic mass is 32.2. The summed E-state index contributed by atoms with van der Waals surface area (Å²) >= 11 is 0. The maximum Gasteiger partial charge on any atom is 0.159 e. The fourth-order valence-electron chi connectivity index (χ4n) is 20.8. The highest BCUT2D eigenvalue weighted by molar-refractivity contribution is 7.93. The molecule has 16 nitrogen and oxygen atoms in total. The van der Waals surface area contributed by atoms with Crippen LogP contribution in [0, 0.1) is 59.2 Å². The standard InChI is InChI=1S/C25H41NO3S.C23H38O3S.C22H31NO2S.C22H36O3S.C21H32O3S/c1-5-21(4)30(27,28)18-24-10-8-22(9-11-24)6-7-23-12-14-25(15-13-23)26-16-19(2)29-20(3)17-26;1-4-17-26-23-15-13-21(14-16-23)8-6-7-20-9-11-22(12-10-20)18-27(24,25)19(3)5-2;1-3-17(2)26(24,25)16-20-10-7-18(8-11-20)6-9-19-12-13-22-21(15-19)5-4-14-23-22;1-4-18(3)26(23,24)17-21-14-12-19(13-15-21)8-6-9-20-10-7-11-22(16-20)25-5-2;1-4-16(2)25(23,24)15-20-9-7-18(8-10-20)5-6-19-11-13-21(14-12-19)17(3)22/h12-15,19-22,24H,5-11,16-18H2,1-4H3;13-16,19-20,22H,4-12,17-18H2,1-3H3;4-5,12-15,17-18,20H,3,6-11,16H2,1-2H3;7,10-11,16,18-19,21H,4-6,8-9,12-15,17H2,1-3H3;11-14,16,18,20H,4-10,15H2,1-3H3. The Kier molecular flexibility index (Phi) is 49.1. The minimum atomic E-state index is -2.92. The van der Waals surface area contributed by atoms with Gasteiger partial charge in [-0.15, -0.1) is 0 Å². The summed E-state index contributed by atoms with van der Waals surface area (Å²) in [6, 6.07) is 44.6. The van der Waals surface area contributed by atoms with Crippen molar-refractivity contribution in [2.75, 3.05) is 60.0 Å². The average Bonchev–Trinajstić information content (AvgIpc) is 0.833. The zero-order valence-electron chi connectivity index (χ0n) is 85.4. The maximum absolute atomic E-state index is 12.4. The maximum atomic E-state index is 12.4. The monoisotopic (exact) mass is 1950 g/mol. The van der Waals surface area contributed by atoms with E-state index in [-0.39, 0.29) is 44.2 Å². The fraction of sp³-hybridized carbons (Fsp3) is 0.699. The van der Waals surface area contributed by atoms with E-state index < -0.39 is 49.2 Å². The first-order chi connectivity index (χ1) is 63.9. The molecular weight excluding hydrogens is 1770 g/mol. The van der Waals surface area contributed by atoms with Gasteiger partial charge in [0.2, 0.25) is 0 Å². The number of fused-ring (bicyclic) bond motifs is 1. The second-order valence-corrected chi connectivity index (χ2v) is 54.1. The molecule has 1 aliphatic heterocycles. The van der Waals surface area contributed by atoms with Crippen LogP contribution in [-0.2, 0) is 86.0 Å². The van der Waals surface area contributed by atoms with Gasteiger partial charge in [0, 0.05) is 35.9 Å². The van der Waals surface area contributed by atoms with Gasteiger partial charge in [0.05, 0.1) is 86.0 Å². The first kappa shape index (κ1) is 114. The summed E-state index contributed by atoms with van der Waals surface area (Å²) in [4.78, 5) is 18.1. The van der Waals surface area contributed by atoms with E-state index in [2.05, 4.69) is 134 Å². The lowest BCUT2D eigenvalue weighted by Crippen LogP contribution is -2.45. The molecule has 7 atom stereocenters. The van der Waals surface area contributed by atoms with E-state index >= 15 is 0 Å². The van der Waals surface area contributed by atoms with Gasteiger partial charge in [-0.2, -0.15) is 0 Å². The predicted molar refractivity (Wildman–Crippen MR) is 562 cm³/mol. The Morgan fingerprint density at radius 2 is 0.694 bits per heavy atom. The lowest BCUT2D eigenvalue weighted by atomic mass is 9.80.